The SMILES string of the molecule is CNC(CCOCC(F)F)Cc1nn(C)c2ccccc12. The molecule has 1 unspecified atom stereocenters. The largest absolute Gasteiger partial charge is 0.375 e. The van der Waals surface area contributed by atoms with Crippen LogP contribution in [0.1, 0.15) is 12.1 Å². The topological polar surface area (TPSA) is 39.1 Å². The van der Waals surface area contributed by atoms with Crippen LogP contribution in [0.2, 0.25) is 0 Å². The summed E-state index contributed by atoms with van der Waals surface area (Å²) in [5.41, 5.74) is 2.11. The lowest BCUT2D eigenvalue weighted by atomic mass is 10.1. The van der Waals surface area contributed by atoms with Crippen LogP contribution in [0.15, 0.2) is 24.3 Å². The Bertz CT molecular complexity index is 571. The first-order valence-electron chi connectivity index (χ1n) is 7.05. The summed E-state index contributed by atoms with van der Waals surface area (Å²) in [6, 6.07) is 8.22. The maximum atomic E-state index is 12.0. The molecule has 1 heterocycles. The zero-order chi connectivity index (χ0) is 15.2. The van der Waals surface area contributed by atoms with Gasteiger partial charge in [0.05, 0.1) is 11.2 Å². The third kappa shape index (κ3) is 4.22. The summed E-state index contributed by atoms with van der Waals surface area (Å²) in [5, 5.41) is 8.88. The number of halogens is 2. The molecule has 0 aliphatic rings. The second-order valence-electron chi connectivity index (χ2n) is 5.03. The van der Waals surface area contributed by atoms with Gasteiger partial charge in [-0.1, -0.05) is 18.2 Å². The molecule has 6 heteroatoms. The number of aromatic nitrogens is 2. The van der Waals surface area contributed by atoms with Crippen LogP contribution in [0.3, 0.4) is 0 Å². The highest BCUT2D eigenvalue weighted by Gasteiger charge is 2.14. The first kappa shape index (κ1) is 15.9. The van der Waals surface area contributed by atoms with E-state index in [0.29, 0.717) is 13.0 Å². The number of fused-ring (bicyclic) bond motifs is 1. The van der Waals surface area contributed by atoms with Crippen molar-refractivity contribution >= 4 is 10.9 Å². The number of benzene rings is 1. The van der Waals surface area contributed by atoms with Gasteiger partial charge in [0.2, 0.25) is 0 Å². The number of alkyl halides is 2. The van der Waals surface area contributed by atoms with E-state index in [-0.39, 0.29) is 6.04 Å². The van der Waals surface area contributed by atoms with E-state index in [1.54, 1.807) is 0 Å². The van der Waals surface area contributed by atoms with E-state index in [4.69, 9.17) is 4.74 Å². The van der Waals surface area contributed by atoms with Crippen molar-refractivity contribution in [2.45, 2.75) is 25.3 Å². The molecule has 0 radical (unpaired) electrons. The Morgan fingerprint density at radius 1 is 1.33 bits per heavy atom. The third-order valence-corrected chi connectivity index (χ3v) is 3.54. The average Bonchev–Trinajstić information content (AvgIpc) is 2.79. The van der Waals surface area contributed by atoms with Gasteiger partial charge in [-0.05, 0) is 19.5 Å². The van der Waals surface area contributed by atoms with E-state index >= 15 is 0 Å². The highest BCUT2D eigenvalue weighted by Crippen LogP contribution is 2.19. The molecule has 116 valence electrons. The van der Waals surface area contributed by atoms with Gasteiger partial charge >= 0.3 is 0 Å². The molecule has 0 spiro atoms. The third-order valence-electron chi connectivity index (χ3n) is 3.54. The van der Waals surface area contributed by atoms with Crippen LogP contribution in [-0.2, 0) is 18.2 Å². The van der Waals surface area contributed by atoms with Crippen LogP contribution in [-0.4, -0.2) is 42.5 Å². The molecule has 1 N–H and O–H groups in total. The quantitative estimate of drug-likeness (QED) is 0.760. The van der Waals surface area contributed by atoms with Gasteiger partial charge in [-0.2, -0.15) is 5.10 Å². The highest BCUT2D eigenvalue weighted by atomic mass is 19.3. The molecular formula is C15H21F2N3O. The molecule has 0 saturated heterocycles. The fourth-order valence-corrected chi connectivity index (χ4v) is 2.42. The molecule has 2 rings (SSSR count). The van der Waals surface area contributed by atoms with E-state index in [1.165, 1.54) is 0 Å². The molecular weight excluding hydrogens is 276 g/mol. The number of ether oxygens (including phenoxy) is 1. The Morgan fingerprint density at radius 3 is 2.81 bits per heavy atom. The zero-order valence-electron chi connectivity index (χ0n) is 12.4. The van der Waals surface area contributed by atoms with Crippen molar-refractivity contribution in [3.8, 4) is 0 Å². The van der Waals surface area contributed by atoms with Crippen molar-refractivity contribution in [1.82, 2.24) is 15.1 Å². The summed E-state index contributed by atoms with van der Waals surface area (Å²) in [6.45, 7) is -0.177. The normalized spacial score (nSPS) is 13.2. The fraction of sp³-hybridized carbons (Fsp3) is 0.533. The summed E-state index contributed by atoms with van der Waals surface area (Å²) in [6.07, 6.45) is -0.984. The summed E-state index contributed by atoms with van der Waals surface area (Å²) >= 11 is 0. The summed E-state index contributed by atoms with van der Waals surface area (Å²) in [7, 11) is 3.79. The first-order valence-corrected chi connectivity index (χ1v) is 7.05. The van der Waals surface area contributed by atoms with Crippen molar-refractivity contribution < 1.29 is 13.5 Å². The van der Waals surface area contributed by atoms with Gasteiger partial charge < -0.3 is 10.1 Å². The molecule has 0 amide bonds. The van der Waals surface area contributed by atoms with Crippen LogP contribution < -0.4 is 5.32 Å². The molecule has 0 saturated carbocycles. The molecule has 0 aliphatic carbocycles. The lowest BCUT2D eigenvalue weighted by molar-refractivity contribution is 0.0146. The average molecular weight is 297 g/mol. The van der Waals surface area contributed by atoms with Gasteiger partial charge in [0.1, 0.15) is 6.61 Å². The van der Waals surface area contributed by atoms with Crippen molar-refractivity contribution in [2.24, 2.45) is 7.05 Å². The zero-order valence-corrected chi connectivity index (χ0v) is 12.4. The predicted octanol–water partition coefficient (Wildman–Crippen LogP) is 2.38. The molecule has 4 nitrogen and oxygen atoms in total. The molecule has 0 bridgehead atoms. The van der Waals surface area contributed by atoms with Crippen molar-refractivity contribution in [1.29, 1.82) is 0 Å². The second kappa shape index (κ2) is 7.47. The van der Waals surface area contributed by atoms with Crippen LogP contribution in [0.25, 0.3) is 10.9 Å². The van der Waals surface area contributed by atoms with E-state index in [9.17, 15) is 8.78 Å². The van der Waals surface area contributed by atoms with Gasteiger partial charge in [-0.15, -0.1) is 0 Å². The molecule has 0 aliphatic heterocycles. The number of nitrogens with zero attached hydrogens (tertiary/aromatic N) is 2. The molecule has 1 aromatic carbocycles. The van der Waals surface area contributed by atoms with Gasteiger partial charge in [0.15, 0.2) is 0 Å². The second-order valence-corrected chi connectivity index (χ2v) is 5.03. The number of likely N-dealkylation sites (N-methyl/N-ethyl adjacent to an activating group) is 1. The number of hydrogen-bond donors (Lipinski definition) is 1. The number of aryl methyl sites for hydroxylation is 1. The Labute approximate surface area is 123 Å². The predicted molar refractivity (Wildman–Crippen MR) is 78.7 cm³/mol. The Balaban J connectivity index is 1.97. The van der Waals surface area contributed by atoms with Crippen LogP contribution >= 0.6 is 0 Å². The minimum Gasteiger partial charge on any atom is -0.375 e. The minimum absolute atomic E-state index is 0.154. The Morgan fingerprint density at radius 2 is 2.10 bits per heavy atom. The maximum Gasteiger partial charge on any atom is 0.261 e. The maximum absolute atomic E-state index is 12.0. The van der Waals surface area contributed by atoms with E-state index < -0.39 is 13.0 Å². The summed E-state index contributed by atoms with van der Waals surface area (Å²) < 4.78 is 30.8. The molecule has 21 heavy (non-hydrogen) atoms. The van der Waals surface area contributed by atoms with E-state index in [2.05, 4.69) is 16.5 Å². The number of para-hydroxylation sites is 1. The van der Waals surface area contributed by atoms with E-state index in [1.807, 2.05) is 37.0 Å². The van der Waals surface area contributed by atoms with Crippen LogP contribution in [0.5, 0.6) is 0 Å². The standard InChI is InChI=1S/C15H21F2N3O/c1-18-11(7-8-21-10-15(16)17)9-13-12-5-3-4-6-14(12)20(2)19-13/h3-6,11,15,18H,7-10H2,1-2H3. The smallest absolute Gasteiger partial charge is 0.261 e. The number of rotatable bonds is 8. The van der Waals surface area contributed by atoms with Crippen LogP contribution in [0.4, 0.5) is 8.78 Å². The molecule has 1 atom stereocenters. The Kier molecular flexibility index (Phi) is 5.64. The summed E-state index contributed by atoms with van der Waals surface area (Å²) in [4.78, 5) is 0. The lowest BCUT2D eigenvalue weighted by Crippen LogP contribution is -2.29. The van der Waals surface area contributed by atoms with Gasteiger partial charge in [0.25, 0.3) is 6.43 Å². The molecule has 1 aromatic heterocycles. The number of hydrogen-bond acceptors (Lipinski definition) is 3. The first-order chi connectivity index (χ1) is 10.1. The van der Waals surface area contributed by atoms with Crippen molar-refractivity contribution in [2.75, 3.05) is 20.3 Å². The van der Waals surface area contributed by atoms with Gasteiger partial charge in [-0.3, -0.25) is 4.68 Å². The molecule has 0 fully saturated rings. The number of nitrogens with one attached hydrogen (secondary N) is 1. The highest BCUT2D eigenvalue weighted by molar-refractivity contribution is 5.81. The monoisotopic (exact) mass is 297 g/mol. The molecule has 2 aromatic rings. The van der Waals surface area contributed by atoms with Crippen LogP contribution in [0, 0.1) is 0 Å². The summed E-state index contributed by atoms with van der Waals surface area (Å²) in [5.74, 6) is 0. The van der Waals surface area contributed by atoms with Gasteiger partial charge in [-0.25, -0.2) is 8.78 Å². The van der Waals surface area contributed by atoms with E-state index in [0.717, 1.165) is 23.0 Å². The lowest BCUT2D eigenvalue weighted by Gasteiger charge is -2.15. The Hall–Kier alpha value is -1.53. The van der Waals surface area contributed by atoms with Crippen molar-refractivity contribution in [3.05, 3.63) is 30.0 Å². The van der Waals surface area contributed by atoms with Crippen molar-refractivity contribution in [3.63, 3.8) is 0 Å². The van der Waals surface area contributed by atoms with Gasteiger partial charge in [0, 0.05) is 31.5 Å². The fourth-order valence-electron chi connectivity index (χ4n) is 2.42. The minimum atomic E-state index is -2.40.